The van der Waals surface area contributed by atoms with E-state index in [0.717, 1.165) is 25.9 Å². The van der Waals surface area contributed by atoms with Crippen LogP contribution in [0.4, 0.5) is 0 Å². The van der Waals surface area contributed by atoms with Crippen LogP contribution in [0.3, 0.4) is 0 Å². The van der Waals surface area contributed by atoms with Crippen LogP contribution in [0.15, 0.2) is 0 Å². The Morgan fingerprint density at radius 2 is 2.00 bits per heavy atom. The summed E-state index contributed by atoms with van der Waals surface area (Å²) in [5, 5.41) is 3.27. The smallest absolute Gasteiger partial charge is 0.228 e. The lowest BCUT2D eigenvalue weighted by atomic mass is 9.79. The third-order valence-corrected chi connectivity index (χ3v) is 6.22. The van der Waals surface area contributed by atoms with E-state index >= 15 is 0 Å². The van der Waals surface area contributed by atoms with Crippen LogP contribution in [0.5, 0.6) is 0 Å². The van der Waals surface area contributed by atoms with Gasteiger partial charge in [0.25, 0.3) is 0 Å². The molecular weight excluding hydrogens is 264 g/mol. The minimum atomic E-state index is -2.94. The van der Waals surface area contributed by atoms with E-state index in [-0.39, 0.29) is 28.9 Å². The number of sulfone groups is 1. The first-order chi connectivity index (χ1) is 8.88. The highest BCUT2D eigenvalue weighted by molar-refractivity contribution is 7.91. The normalized spacial score (nSPS) is 29.1. The number of carbonyl (C=O) groups is 1. The zero-order valence-electron chi connectivity index (χ0n) is 11.8. The summed E-state index contributed by atoms with van der Waals surface area (Å²) in [6.45, 7) is 6.28. The van der Waals surface area contributed by atoms with Gasteiger partial charge in [-0.05, 0) is 39.3 Å². The molecule has 2 aliphatic heterocycles. The molecule has 0 spiro atoms. The van der Waals surface area contributed by atoms with Crippen molar-refractivity contribution in [1.29, 1.82) is 0 Å². The topological polar surface area (TPSA) is 66.5 Å². The van der Waals surface area contributed by atoms with E-state index < -0.39 is 9.84 Å². The third-order valence-electron chi connectivity index (χ3n) is 4.47. The van der Waals surface area contributed by atoms with Crippen LogP contribution >= 0.6 is 0 Å². The van der Waals surface area contributed by atoms with Gasteiger partial charge in [-0.3, -0.25) is 4.79 Å². The van der Waals surface area contributed by atoms with E-state index in [0.29, 0.717) is 13.0 Å². The van der Waals surface area contributed by atoms with Crippen molar-refractivity contribution in [3.05, 3.63) is 0 Å². The van der Waals surface area contributed by atoms with Crippen molar-refractivity contribution < 1.29 is 13.2 Å². The molecule has 2 rings (SSSR count). The first kappa shape index (κ1) is 14.8. The number of nitrogens with zero attached hydrogens (tertiary/aromatic N) is 1. The maximum atomic E-state index is 12.8. The van der Waals surface area contributed by atoms with Gasteiger partial charge in [-0.25, -0.2) is 8.42 Å². The number of carbonyl (C=O) groups excluding carboxylic acids is 1. The van der Waals surface area contributed by atoms with Gasteiger partial charge in [0.2, 0.25) is 5.91 Å². The largest absolute Gasteiger partial charge is 0.338 e. The molecule has 1 amide bonds. The van der Waals surface area contributed by atoms with Crippen molar-refractivity contribution in [2.45, 2.75) is 39.2 Å². The van der Waals surface area contributed by atoms with Gasteiger partial charge in [-0.2, -0.15) is 0 Å². The van der Waals surface area contributed by atoms with Gasteiger partial charge in [0.1, 0.15) is 0 Å². The Hall–Kier alpha value is -0.620. The molecule has 0 aliphatic carbocycles. The standard InChI is InChI=1S/C13H24N2O3S/c1-3-15(11-4-9-19(17,18)10-11)12(16)13(2)5-7-14-8-6-13/h11,14H,3-10H2,1-2H3. The predicted octanol–water partition coefficient (Wildman–Crippen LogP) is 0.412. The predicted molar refractivity (Wildman–Crippen MR) is 74.7 cm³/mol. The van der Waals surface area contributed by atoms with Crippen LogP contribution in [0.25, 0.3) is 0 Å². The molecule has 0 aromatic carbocycles. The Bertz CT molecular complexity index is 441. The Labute approximate surface area is 115 Å². The lowest BCUT2D eigenvalue weighted by Gasteiger charge is -2.39. The maximum absolute atomic E-state index is 12.8. The van der Waals surface area contributed by atoms with Crippen LogP contribution in [-0.2, 0) is 14.6 Å². The van der Waals surface area contributed by atoms with Crippen molar-refractivity contribution in [3.8, 4) is 0 Å². The van der Waals surface area contributed by atoms with Crippen LogP contribution in [0.1, 0.15) is 33.1 Å². The Morgan fingerprint density at radius 3 is 2.47 bits per heavy atom. The number of nitrogens with one attached hydrogen (secondary N) is 1. The van der Waals surface area contributed by atoms with E-state index in [1.807, 2.05) is 13.8 Å². The van der Waals surface area contributed by atoms with E-state index in [2.05, 4.69) is 5.32 Å². The van der Waals surface area contributed by atoms with Gasteiger partial charge in [0.05, 0.1) is 11.5 Å². The Balaban J connectivity index is 2.11. The second-order valence-electron chi connectivity index (χ2n) is 5.96. The van der Waals surface area contributed by atoms with Gasteiger partial charge in [0, 0.05) is 18.0 Å². The number of hydrogen-bond acceptors (Lipinski definition) is 4. The van der Waals surface area contributed by atoms with Crippen molar-refractivity contribution in [1.82, 2.24) is 10.2 Å². The van der Waals surface area contributed by atoms with E-state index in [9.17, 15) is 13.2 Å². The highest BCUT2D eigenvalue weighted by Gasteiger charge is 2.42. The minimum Gasteiger partial charge on any atom is -0.338 e. The average molecular weight is 288 g/mol. The Morgan fingerprint density at radius 1 is 1.37 bits per heavy atom. The zero-order valence-corrected chi connectivity index (χ0v) is 12.6. The quantitative estimate of drug-likeness (QED) is 0.817. The summed E-state index contributed by atoms with van der Waals surface area (Å²) in [6.07, 6.45) is 2.26. The summed E-state index contributed by atoms with van der Waals surface area (Å²) >= 11 is 0. The molecule has 2 aliphatic rings. The lowest BCUT2D eigenvalue weighted by molar-refractivity contribution is -0.144. The molecule has 0 aromatic heterocycles. The van der Waals surface area contributed by atoms with Crippen LogP contribution in [-0.4, -0.2) is 56.4 Å². The minimum absolute atomic E-state index is 0.116. The summed E-state index contributed by atoms with van der Waals surface area (Å²) < 4.78 is 23.2. The SMILES string of the molecule is CCN(C(=O)C1(C)CCNCC1)C1CCS(=O)(=O)C1. The summed E-state index contributed by atoms with van der Waals surface area (Å²) in [5.74, 6) is 0.499. The molecule has 0 aromatic rings. The molecule has 6 heteroatoms. The monoisotopic (exact) mass is 288 g/mol. The molecule has 2 saturated heterocycles. The lowest BCUT2D eigenvalue weighted by Crippen LogP contribution is -2.51. The molecule has 19 heavy (non-hydrogen) atoms. The van der Waals surface area contributed by atoms with Crippen LogP contribution in [0.2, 0.25) is 0 Å². The summed E-state index contributed by atoms with van der Waals surface area (Å²) in [5.41, 5.74) is -0.326. The van der Waals surface area contributed by atoms with E-state index in [1.54, 1.807) is 4.90 Å². The van der Waals surface area contributed by atoms with Gasteiger partial charge < -0.3 is 10.2 Å². The van der Waals surface area contributed by atoms with Crippen molar-refractivity contribution >= 4 is 15.7 Å². The molecule has 0 bridgehead atoms. The molecule has 0 saturated carbocycles. The molecule has 0 radical (unpaired) electrons. The van der Waals surface area contributed by atoms with Gasteiger partial charge in [0.15, 0.2) is 9.84 Å². The number of rotatable bonds is 3. The highest BCUT2D eigenvalue weighted by atomic mass is 32.2. The molecule has 110 valence electrons. The van der Waals surface area contributed by atoms with Gasteiger partial charge in [-0.1, -0.05) is 6.92 Å². The summed E-state index contributed by atoms with van der Waals surface area (Å²) in [6, 6.07) is -0.116. The first-order valence-electron chi connectivity index (χ1n) is 7.10. The second-order valence-corrected chi connectivity index (χ2v) is 8.19. The van der Waals surface area contributed by atoms with E-state index in [1.165, 1.54) is 0 Å². The molecule has 2 heterocycles. The maximum Gasteiger partial charge on any atom is 0.228 e. The molecule has 5 nitrogen and oxygen atoms in total. The molecule has 2 fully saturated rings. The number of amides is 1. The van der Waals surface area contributed by atoms with E-state index in [4.69, 9.17) is 0 Å². The van der Waals surface area contributed by atoms with Crippen molar-refractivity contribution in [3.63, 3.8) is 0 Å². The number of piperidine rings is 1. The number of hydrogen-bond donors (Lipinski definition) is 1. The van der Waals surface area contributed by atoms with Crippen LogP contribution in [0, 0.1) is 5.41 Å². The van der Waals surface area contributed by atoms with Crippen LogP contribution < -0.4 is 5.32 Å². The highest BCUT2D eigenvalue weighted by Crippen LogP contribution is 2.32. The van der Waals surface area contributed by atoms with Gasteiger partial charge >= 0.3 is 0 Å². The summed E-state index contributed by atoms with van der Waals surface area (Å²) in [7, 11) is -2.94. The summed E-state index contributed by atoms with van der Waals surface area (Å²) in [4.78, 5) is 14.6. The van der Waals surface area contributed by atoms with Crippen molar-refractivity contribution in [2.75, 3.05) is 31.1 Å². The Kier molecular flexibility index (Phi) is 4.20. The zero-order chi connectivity index (χ0) is 14.1. The average Bonchev–Trinajstić information content (AvgIpc) is 2.71. The third kappa shape index (κ3) is 3.11. The fraction of sp³-hybridized carbons (Fsp3) is 0.923. The van der Waals surface area contributed by atoms with Crippen molar-refractivity contribution in [2.24, 2.45) is 5.41 Å². The molecule has 1 atom stereocenters. The first-order valence-corrected chi connectivity index (χ1v) is 8.92. The molecular formula is C13H24N2O3S. The second kappa shape index (κ2) is 5.40. The molecule has 1 unspecified atom stereocenters. The molecule has 1 N–H and O–H groups in total. The fourth-order valence-corrected chi connectivity index (χ4v) is 4.86. The van der Waals surface area contributed by atoms with Gasteiger partial charge in [-0.15, -0.1) is 0 Å². The fourth-order valence-electron chi connectivity index (χ4n) is 3.13.